The van der Waals surface area contributed by atoms with Gasteiger partial charge in [-0.2, -0.15) is 18.3 Å². The van der Waals surface area contributed by atoms with Crippen LogP contribution in [0.15, 0.2) is 24.5 Å². The van der Waals surface area contributed by atoms with Gasteiger partial charge in [0.1, 0.15) is 0 Å². The molecule has 1 fully saturated rings. The summed E-state index contributed by atoms with van der Waals surface area (Å²) in [5, 5.41) is 4.19. The molecule has 0 spiro atoms. The van der Waals surface area contributed by atoms with E-state index in [-0.39, 0.29) is 17.8 Å². The van der Waals surface area contributed by atoms with E-state index in [1.165, 1.54) is 16.9 Å². The zero-order chi connectivity index (χ0) is 20.5. The molecule has 1 saturated heterocycles. The summed E-state index contributed by atoms with van der Waals surface area (Å²) in [6.07, 6.45) is 0.812. The second-order valence-corrected chi connectivity index (χ2v) is 7.37. The van der Waals surface area contributed by atoms with E-state index in [4.69, 9.17) is 0 Å². The zero-order valence-electron chi connectivity index (χ0n) is 16.2. The predicted octanol–water partition coefficient (Wildman–Crippen LogP) is 3.15. The normalized spacial score (nSPS) is 18.0. The number of halogens is 3. The summed E-state index contributed by atoms with van der Waals surface area (Å²) < 4.78 is 39.6. The number of hydrogen-bond acceptors (Lipinski definition) is 4. The Balaban J connectivity index is 1.85. The first kappa shape index (κ1) is 20.3. The van der Waals surface area contributed by atoms with E-state index >= 15 is 0 Å². The Hall–Kier alpha value is -2.42. The minimum absolute atomic E-state index is 0.0952. The first-order valence-electron chi connectivity index (χ1n) is 9.22. The molecule has 3 rings (SSSR count). The third kappa shape index (κ3) is 4.19. The molecule has 1 unspecified atom stereocenters. The van der Waals surface area contributed by atoms with E-state index in [1.54, 1.807) is 6.92 Å². The van der Waals surface area contributed by atoms with E-state index < -0.39 is 11.7 Å². The number of likely N-dealkylation sites (N-methyl/N-ethyl adjacent to an activating group) is 1. The van der Waals surface area contributed by atoms with Crippen LogP contribution in [0.1, 0.15) is 40.9 Å². The molecule has 9 heteroatoms. The molecule has 0 aliphatic carbocycles. The van der Waals surface area contributed by atoms with Crippen molar-refractivity contribution in [3.05, 3.63) is 41.3 Å². The second kappa shape index (κ2) is 7.90. The van der Waals surface area contributed by atoms with Crippen molar-refractivity contribution >= 4 is 5.91 Å². The van der Waals surface area contributed by atoms with Crippen LogP contribution >= 0.6 is 0 Å². The quantitative estimate of drug-likeness (QED) is 0.798. The Morgan fingerprint density at radius 2 is 2.00 bits per heavy atom. The van der Waals surface area contributed by atoms with Crippen LogP contribution in [0.2, 0.25) is 0 Å². The average Bonchev–Trinajstić information content (AvgIpc) is 3.02. The molecule has 0 saturated carbocycles. The maximum atomic E-state index is 13.1. The predicted molar refractivity (Wildman–Crippen MR) is 98.3 cm³/mol. The summed E-state index contributed by atoms with van der Waals surface area (Å²) >= 11 is 0. The molecule has 0 N–H and O–H groups in total. The summed E-state index contributed by atoms with van der Waals surface area (Å²) in [6, 6.07) is 2.36. The lowest BCUT2D eigenvalue weighted by molar-refractivity contribution is -0.137. The van der Waals surface area contributed by atoms with Gasteiger partial charge in [-0.25, -0.2) is 9.67 Å². The molecule has 1 aliphatic heterocycles. The van der Waals surface area contributed by atoms with Gasteiger partial charge in [0.05, 0.1) is 23.0 Å². The fourth-order valence-electron chi connectivity index (χ4n) is 3.56. The molecule has 1 amide bonds. The van der Waals surface area contributed by atoms with Crippen LogP contribution in [0.25, 0.3) is 5.82 Å². The standard InChI is InChI=1S/C19H24F3N5O/c1-13-16(18(28)26-9-5-4-6-15(26)12-25(2)3)11-24-27(13)17-8-7-14(10-23-17)19(20,21)22/h7-8,10-11,15H,4-6,9,12H2,1-3H3. The van der Waals surface area contributed by atoms with Crippen molar-refractivity contribution < 1.29 is 18.0 Å². The molecule has 1 atom stereocenters. The number of pyridine rings is 1. The van der Waals surface area contributed by atoms with E-state index in [9.17, 15) is 18.0 Å². The lowest BCUT2D eigenvalue weighted by Crippen LogP contribution is -2.48. The number of alkyl halides is 3. The number of likely N-dealkylation sites (tertiary alicyclic amines) is 1. The smallest absolute Gasteiger partial charge is 0.334 e. The fraction of sp³-hybridized carbons (Fsp3) is 0.526. The van der Waals surface area contributed by atoms with Crippen molar-refractivity contribution in [3.8, 4) is 5.82 Å². The van der Waals surface area contributed by atoms with Gasteiger partial charge in [-0.3, -0.25) is 4.79 Å². The molecule has 2 aromatic heterocycles. The molecular formula is C19H24F3N5O. The number of hydrogen-bond donors (Lipinski definition) is 0. The van der Waals surface area contributed by atoms with Crippen LogP contribution < -0.4 is 0 Å². The van der Waals surface area contributed by atoms with Crippen LogP contribution in [0.3, 0.4) is 0 Å². The highest BCUT2D eigenvalue weighted by molar-refractivity contribution is 5.95. The highest BCUT2D eigenvalue weighted by Crippen LogP contribution is 2.29. The third-order valence-corrected chi connectivity index (χ3v) is 5.00. The molecular weight excluding hydrogens is 371 g/mol. The minimum atomic E-state index is -4.44. The number of carbonyl (C=O) groups excluding carboxylic acids is 1. The van der Waals surface area contributed by atoms with E-state index in [1.807, 2.05) is 19.0 Å². The summed E-state index contributed by atoms with van der Waals surface area (Å²) in [6.45, 7) is 3.21. The fourth-order valence-corrected chi connectivity index (χ4v) is 3.56. The van der Waals surface area contributed by atoms with Gasteiger partial charge in [0.2, 0.25) is 0 Å². The van der Waals surface area contributed by atoms with Crippen LogP contribution in [-0.2, 0) is 6.18 Å². The Morgan fingerprint density at radius 3 is 2.61 bits per heavy atom. The number of rotatable bonds is 4. The van der Waals surface area contributed by atoms with Gasteiger partial charge < -0.3 is 9.80 Å². The Morgan fingerprint density at radius 1 is 1.25 bits per heavy atom. The molecule has 0 aromatic carbocycles. The van der Waals surface area contributed by atoms with Gasteiger partial charge in [-0.1, -0.05) is 0 Å². The highest BCUT2D eigenvalue weighted by Gasteiger charge is 2.32. The highest BCUT2D eigenvalue weighted by atomic mass is 19.4. The van der Waals surface area contributed by atoms with Crippen molar-refractivity contribution in [1.29, 1.82) is 0 Å². The minimum Gasteiger partial charge on any atom is -0.334 e. The summed E-state index contributed by atoms with van der Waals surface area (Å²) in [5.41, 5.74) is 0.191. The maximum Gasteiger partial charge on any atom is 0.417 e. The second-order valence-electron chi connectivity index (χ2n) is 7.37. The van der Waals surface area contributed by atoms with Crippen LogP contribution in [-0.4, -0.2) is 63.7 Å². The molecule has 152 valence electrons. The van der Waals surface area contributed by atoms with Gasteiger partial charge in [0.15, 0.2) is 5.82 Å². The molecule has 28 heavy (non-hydrogen) atoms. The first-order valence-corrected chi connectivity index (χ1v) is 9.22. The Bertz CT molecular complexity index is 829. The summed E-state index contributed by atoms with van der Waals surface area (Å²) in [7, 11) is 3.97. The number of nitrogens with zero attached hydrogens (tertiary/aromatic N) is 5. The van der Waals surface area contributed by atoms with Crippen molar-refractivity contribution in [2.45, 2.75) is 38.4 Å². The number of carbonyl (C=O) groups is 1. The third-order valence-electron chi connectivity index (χ3n) is 5.00. The van der Waals surface area contributed by atoms with Gasteiger partial charge in [0.25, 0.3) is 5.91 Å². The molecule has 6 nitrogen and oxygen atoms in total. The lowest BCUT2D eigenvalue weighted by Gasteiger charge is -2.37. The summed E-state index contributed by atoms with van der Waals surface area (Å²) in [4.78, 5) is 20.9. The maximum absolute atomic E-state index is 13.1. The van der Waals surface area contributed by atoms with Gasteiger partial charge in [-0.05, 0) is 52.4 Å². The van der Waals surface area contributed by atoms with E-state index in [0.717, 1.165) is 38.1 Å². The Kier molecular flexibility index (Phi) is 5.74. The number of amides is 1. The van der Waals surface area contributed by atoms with E-state index in [2.05, 4.69) is 15.0 Å². The van der Waals surface area contributed by atoms with Gasteiger partial charge in [-0.15, -0.1) is 0 Å². The van der Waals surface area contributed by atoms with Gasteiger partial charge >= 0.3 is 6.18 Å². The number of aromatic nitrogens is 3. The largest absolute Gasteiger partial charge is 0.417 e. The average molecular weight is 395 g/mol. The van der Waals surface area contributed by atoms with Crippen molar-refractivity contribution in [2.24, 2.45) is 0 Å². The SMILES string of the molecule is Cc1c(C(=O)N2CCCCC2CN(C)C)cnn1-c1ccc(C(F)(F)F)cn1. The summed E-state index contributed by atoms with van der Waals surface area (Å²) in [5.74, 6) is 0.148. The van der Waals surface area contributed by atoms with E-state index in [0.29, 0.717) is 17.8 Å². The lowest BCUT2D eigenvalue weighted by atomic mass is 10.0. The topological polar surface area (TPSA) is 54.3 Å². The molecule has 0 bridgehead atoms. The molecule has 1 aliphatic rings. The van der Waals surface area contributed by atoms with Crippen LogP contribution in [0.5, 0.6) is 0 Å². The zero-order valence-corrected chi connectivity index (χ0v) is 16.2. The monoisotopic (exact) mass is 395 g/mol. The van der Waals surface area contributed by atoms with Crippen molar-refractivity contribution in [1.82, 2.24) is 24.6 Å². The Labute approximate surface area is 162 Å². The first-order chi connectivity index (χ1) is 13.2. The van der Waals surface area contributed by atoms with Crippen LogP contribution in [0, 0.1) is 6.92 Å². The van der Waals surface area contributed by atoms with Crippen LogP contribution in [0.4, 0.5) is 13.2 Å². The molecule has 3 heterocycles. The van der Waals surface area contributed by atoms with Crippen molar-refractivity contribution in [3.63, 3.8) is 0 Å². The molecule has 0 radical (unpaired) electrons. The van der Waals surface area contributed by atoms with Crippen molar-refractivity contribution in [2.75, 3.05) is 27.2 Å². The number of piperidine rings is 1. The molecule has 2 aromatic rings. The van der Waals surface area contributed by atoms with Gasteiger partial charge in [0, 0.05) is 25.3 Å².